The van der Waals surface area contributed by atoms with Gasteiger partial charge in [-0.05, 0) is 42.7 Å². The van der Waals surface area contributed by atoms with Gasteiger partial charge in [-0.15, -0.1) is 0 Å². The lowest BCUT2D eigenvalue weighted by Crippen LogP contribution is -2.08. The van der Waals surface area contributed by atoms with Crippen molar-refractivity contribution in [1.29, 1.82) is 0 Å². The van der Waals surface area contributed by atoms with Gasteiger partial charge in [-0.25, -0.2) is 0 Å². The number of benzene rings is 2. The van der Waals surface area contributed by atoms with E-state index in [0.717, 1.165) is 28.8 Å². The number of carbonyl (C=O) groups is 1. The van der Waals surface area contributed by atoms with Gasteiger partial charge < -0.3 is 0 Å². The summed E-state index contributed by atoms with van der Waals surface area (Å²) in [5.41, 5.74) is 2.50. The van der Waals surface area contributed by atoms with Crippen molar-refractivity contribution < 1.29 is 18.0 Å². The first-order chi connectivity index (χ1) is 9.79. The molecule has 0 aliphatic rings. The van der Waals surface area contributed by atoms with Gasteiger partial charge in [-0.2, -0.15) is 13.2 Å². The van der Waals surface area contributed by atoms with Crippen LogP contribution in [0.2, 0.25) is 0 Å². The van der Waals surface area contributed by atoms with Crippen molar-refractivity contribution in [3.63, 3.8) is 0 Å². The molecule has 0 saturated heterocycles. The zero-order valence-electron chi connectivity index (χ0n) is 11.8. The van der Waals surface area contributed by atoms with Gasteiger partial charge in [0.05, 0.1) is 5.56 Å². The smallest absolute Gasteiger partial charge is 0.294 e. The second-order valence-electron chi connectivity index (χ2n) is 5.05. The summed E-state index contributed by atoms with van der Waals surface area (Å²) in [6.45, 7) is 3.84. The minimum atomic E-state index is -4.38. The summed E-state index contributed by atoms with van der Waals surface area (Å²) >= 11 is 0. The molecule has 0 unspecified atom stereocenters. The highest BCUT2D eigenvalue weighted by molar-refractivity contribution is 5.97. The van der Waals surface area contributed by atoms with Crippen LogP contribution in [0.5, 0.6) is 0 Å². The van der Waals surface area contributed by atoms with E-state index in [1.807, 2.05) is 32.0 Å². The Hall–Kier alpha value is -2.10. The number of carbonyl (C=O) groups excluding carboxylic acids is 1. The van der Waals surface area contributed by atoms with E-state index in [1.165, 1.54) is 12.1 Å². The van der Waals surface area contributed by atoms with Crippen LogP contribution < -0.4 is 0 Å². The van der Waals surface area contributed by atoms with E-state index in [1.54, 1.807) is 0 Å². The van der Waals surface area contributed by atoms with Gasteiger partial charge in [0, 0.05) is 12.0 Å². The first-order valence-electron chi connectivity index (χ1n) is 6.54. The first-order valence-corrected chi connectivity index (χ1v) is 6.54. The summed E-state index contributed by atoms with van der Waals surface area (Å²) in [6, 6.07) is 10.1. The van der Waals surface area contributed by atoms with E-state index in [2.05, 4.69) is 0 Å². The lowest BCUT2D eigenvalue weighted by atomic mass is 9.95. The van der Waals surface area contributed by atoms with Gasteiger partial charge in [0.15, 0.2) is 5.78 Å². The Morgan fingerprint density at radius 1 is 0.952 bits per heavy atom. The van der Waals surface area contributed by atoms with Crippen LogP contribution in [-0.4, -0.2) is 5.78 Å². The molecule has 0 amide bonds. The normalized spacial score (nSPS) is 11.5. The number of halogens is 3. The minimum absolute atomic E-state index is 0.180. The Balaban J connectivity index is 2.21. The fourth-order valence-corrected chi connectivity index (χ4v) is 2.24. The predicted octanol–water partition coefficient (Wildman–Crippen LogP) is 4.75. The number of hydrogen-bond acceptors (Lipinski definition) is 1. The fraction of sp³-hybridized carbons (Fsp3) is 0.235. The largest absolute Gasteiger partial charge is 0.416 e. The van der Waals surface area contributed by atoms with Crippen LogP contribution in [0, 0.1) is 13.8 Å². The fourth-order valence-electron chi connectivity index (χ4n) is 2.24. The second-order valence-corrected chi connectivity index (χ2v) is 5.05. The third kappa shape index (κ3) is 3.51. The molecule has 4 heteroatoms. The Kier molecular flexibility index (Phi) is 4.16. The molecule has 0 bridgehead atoms. The number of aryl methyl sites for hydroxylation is 2. The van der Waals surface area contributed by atoms with E-state index in [9.17, 15) is 18.0 Å². The Bertz CT molecular complexity index is 634. The summed E-state index contributed by atoms with van der Waals surface area (Å²) in [4.78, 5) is 12.2. The lowest BCUT2D eigenvalue weighted by molar-refractivity contribution is -0.137. The monoisotopic (exact) mass is 292 g/mol. The van der Waals surface area contributed by atoms with Crippen LogP contribution in [-0.2, 0) is 12.6 Å². The van der Waals surface area contributed by atoms with Crippen LogP contribution in [0.25, 0.3) is 0 Å². The maximum absolute atomic E-state index is 12.5. The van der Waals surface area contributed by atoms with Crippen LogP contribution in [0.4, 0.5) is 13.2 Å². The molecule has 2 rings (SSSR count). The van der Waals surface area contributed by atoms with Crippen LogP contribution >= 0.6 is 0 Å². The van der Waals surface area contributed by atoms with Crippen LogP contribution in [0.15, 0.2) is 42.5 Å². The SMILES string of the molecule is Cc1cccc(C)c1CC(=O)c1ccc(C(F)(F)F)cc1. The molecule has 0 atom stereocenters. The number of alkyl halides is 3. The molecule has 1 nitrogen and oxygen atoms in total. The third-order valence-corrected chi connectivity index (χ3v) is 3.52. The molecule has 0 N–H and O–H groups in total. The van der Waals surface area contributed by atoms with E-state index in [-0.39, 0.29) is 12.2 Å². The number of ketones is 1. The van der Waals surface area contributed by atoms with Gasteiger partial charge in [0.25, 0.3) is 0 Å². The van der Waals surface area contributed by atoms with Crippen molar-refractivity contribution in [3.05, 3.63) is 70.3 Å². The Morgan fingerprint density at radius 3 is 1.95 bits per heavy atom. The summed E-state index contributed by atoms with van der Waals surface area (Å²) < 4.78 is 37.5. The molecule has 2 aromatic rings. The standard InChI is InChI=1S/C17H15F3O/c1-11-4-3-5-12(2)15(11)10-16(21)13-6-8-14(9-7-13)17(18,19)20/h3-9H,10H2,1-2H3. The van der Waals surface area contributed by atoms with E-state index < -0.39 is 11.7 Å². The van der Waals surface area contributed by atoms with Gasteiger partial charge >= 0.3 is 6.18 Å². The van der Waals surface area contributed by atoms with Gasteiger partial charge in [-0.3, -0.25) is 4.79 Å². The number of hydrogen-bond donors (Lipinski definition) is 0. The molecular formula is C17H15F3O. The van der Waals surface area contributed by atoms with Crippen LogP contribution in [0.1, 0.15) is 32.6 Å². The van der Waals surface area contributed by atoms with Crippen molar-refractivity contribution in [2.24, 2.45) is 0 Å². The topological polar surface area (TPSA) is 17.1 Å². The molecule has 0 fully saturated rings. The molecule has 2 aromatic carbocycles. The van der Waals surface area contributed by atoms with Gasteiger partial charge in [-0.1, -0.05) is 30.3 Å². The zero-order chi connectivity index (χ0) is 15.6. The zero-order valence-corrected chi connectivity index (χ0v) is 11.8. The highest BCUT2D eigenvalue weighted by atomic mass is 19.4. The molecule has 0 aliphatic carbocycles. The van der Waals surface area contributed by atoms with Crippen molar-refractivity contribution >= 4 is 5.78 Å². The average Bonchev–Trinajstić information content (AvgIpc) is 2.42. The molecule has 110 valence electrons. The molecule has 0 spiro atoms. The third-order valence-electron chi connectivity index (χ3n) is 3.52. The minimum Gasteiger partial charge on any atom is -0.294 e. The predicted molar refractivity (Wildman–Crippen MR) is 75.4 cm³/mol. The van der Waals surface area contributed by atoms with Crippen molar-refractivity contribution in [2.75, 3.05) is 0 Å². The number of Topliss-reactive ketones (excluding diaryl/α,β-unsaturated/α-hetero) is 1. The molecular weight excluding hydrogens is 277 g/mol. The second kappa shape index (κ2) is 5.72. The summed E-state index contributed by atoms with van der Waals surface area (Å²) in [5, 5.41) is 0. The summed E-state index contributed by atoms with van der Waals surface area (Å²) in [5.74, 6) is -0.180. The average molecular weight is 292 g/mol. The highest BCUT2D eigenvalue weighted by Crippen LogP contribution is 2.29. The Labute approximate surface area is 121 Å². The van der Waals surface area contributed by atoms with Gasteiger partial charge in [0.2, 0.25) is 0 Å². The summed E-state index contributed by atoms with van der Waals surface area (Å²) in [7, 11) is 0. The maximum Gasteiger partial charge on any atom is 0.416 e. The van der Waals surface area contributed by atoms with Crippen molar-refractivity contribution in [1.82, 2.24) is 0 Å². The van der Waals surface area contributed by atoms with Crippen molar-refractivity contribution in [2.45, 2.75) is 26.4 Å². The lowest BCUT2D eigenvalue weighted by Gasteiger charge is -2.10. The molecule has 0 aromatic heterocycles. The first kappa shape index (κ1) is 15.3. The van der Waals surface area contributed by atoms with E-state index in [0.29, 0.717) is 5.56 Å². The number of rotatable bonds is 3. The van der Waals surface area contributed by atoms with Crippen molar-refractivity contribution in [3.8, 4) is 0 Å². The Morgan fingerprint density at radius 2 is 1.48 bits per heavy atom. The van der Waals surface area contributed by atoms with E-state index in [4.69, 9.17) is 0 Å². The molecule has 0 radical (unpaired) electrons. The molecule has 21 heavy (non-hydrogen) atoms. The molecule has 0 heterocycles. The van der Waals surface area contributed by atoms with Crippen LogP contribution in [0.3, 0.4) is 0 Å². The highest BCUT2D eigenvalue weighted by Gasteiger charge is 2.30. The quantitative estimate of drug-likeness (QED) is 0.746. The van der Waals surface area contributed by atoms with E-state index >= 15 is 0 Å². The molecule has 0 aliphatic heterocycles. The molecule has 0 saturated carbocycles. The maximum atomic E-state index is 12.5. The summed E-state index contributed by atoms with van der Waals surface area (Å²) in [6.07, 6.45) is -4.18. The van der Waals surface area contributed by atoms with Gasteiger partial charge in [0.1, 0.15) is 0 Å².